The zero-order chi connectivity index (χ0) is 14.3. The van der Waals surface area contributed by atoms with Gasteiger partial charge >= 0.3 is 0 Å². The first-order valence-corrected chi connectivity index (χ1v) is 6.62. The summed E-state index contributed by atoms with van der Waals surface area (Å²) in [6.45, 7) is 9.17. The molecule has 0 unspecified atom stereocenters. The highest BCUT2D eigenvalue weighted by Gasteiger charge is 2.11. The number of carbonyl (C=O) groups excluding carboxylic acids is 1. The summed E-state index contributed by atoms with van der Waals surface area (Å²) >= 11 is 0. The van der Waals surface area contributed by atoms with Crippen molar-refractivity contribution in [1.29, 1.82) is 0 Å². The third kappa shape index (κ3) is 5.16. The molecule has 0 radical (unpaired) electrons. The lowest BCUT2D eigenvalue weighted by molar-refractivity contribution is -0.130. The van der Waals surface area contributed by atoms with E-state index in [1.165, 1.54) is 0 Å². The number of hydrogen-bond acceptors (Lipinski definition) is 2. The van der Waals surface area contributed by atoms with Crippen LogP contribution in [0, 0.1) is 0 Å². The molecule has 0 saturated heterocycles. The first-order chi connectivity index (χ1) is 9.06. The van der Waals surface area contributed by atoms with Crippen molar-refractivity contribution in [2.45, 2.75) is 26.7 Å². The third-order valence-corrected chi connectivity index (χ3v) is 2.98. The smallest absolute Gasteiger partial charge is 0.223 e. The van der Waals surface area contributed by atoms with Crippen molar-refractivity contribution in [2.75, 3.05) is 20.2 Å². The summed E-state index contributed by atoms with van der Waals surface area (Å²) in [5, 5.41) is 0. The molecule has 0 fully saturated rings. The SMILES string of the molecule is C=C(C)CN(CC)C(=O)CCc1ccc(OC)cc1. The summed E-state index contributed by atoms with van der Waals surface area (Å²) in [7, 11) is 1.65. The van der Waals surface area contributed by atoms with E-state index in [9.17, 15) is 4.79 Å². The minimum Gasteiger partial charge on any atom is -0.497 e. The number of carbonyl (C=O) groups is 1. The Hall–Kier alpha value is -1.77. The number of benzene rings is 1. The molecule has 0 aromatic heterocycles. The van der Waals surface area contributed by atoms with Gasteiger partial charge in [-0.2, -0.15) is 0 Å². The van der Waals surface area contributed by atoms with Crippen molar-refractivity contribution >= 4 is 5.91 Å². The molecule has 1 aromatic rings. The quantitative estimate of drug-likeness (QED) is 0.706. The highest BCUT2D eigenvalue weighted by molar-refractivity contribution is 5.76. The zero-order valence-electron chi connectivity index (χ0n) is 12.1. The van der Waals surface area contributed by atoms with Gasteiger partial charge in [-0.1, -0.05) is 24.3 Å². The molecule has 1 rings (SSSR count). The van der Waals surface area contributed by atoms with Gasteiger partial charge in [0.15, 0.2) is 0 Å². The summed E-state index contributed by atoms with van der Waals surface area (Å²) in [5.74, 6) is 1.02. The molecule has 1 aromatic carbocycles. The molecule has 0 atom stereocenters. The number of ether oxygens (including phenoxy) is 1. The van der Waals surface area contributed by atoms with E-state index in [1.807, 2.05) is 43.0 Å². The van der Waals surface area contributed by atoms with Gasteiger partial charge in [0, 0.05) is 19.5 Å². The summed E-state index contributed by atoms with van der Waals surface area (Å²) in [5.41, 5.74) is 2.17. The minimum absolute atomic E-state index is 0.182. The van der Waals surface area contributed by atoms with Gasteiger partial charge in [-0.05, 0) is 38.0 Å². The van der Waals surface area contributed by atoms with Gasteiger partial charge in [-0.3, -0.25) is 4.79 Å². The number of methoxy groups -OCH3 is 1. The van der Waals surface area contributed by atoms with E-state index < -0.39 is 0 Å². The molecule has 1 amide bonds. The van der Waals surface area contributed by atoms with Crippen LogP contribution in [0.5, 0.6) is 5.75 Å². The predicted molar refractivity (Wildman–Crippen MR) is 78.4 cm³/mol. The van der Waals surface area contributed by atoms with Gasteiger partial charge in [0.2, 0.25) is 5.91 Å². The molecule has 0 aliphatic heterocycles. The Kier molecular flexibility index (Phi) is 6.13. The number of hydrogen-bond donors (Lipinski definition) is 0. The van der Waals surface area contributed by atoms with Crippen molar-refractivity contribution in [3.05, 3.63) is 42.0 Å². The van der Waals surface area contributed by atoms with Crippen molar-refractivity contribution < 1.29 is 9.53 Å². The van der Waals surface area contributed by atoms with E-state index in [0.29, 0.717) is 13.0 Å². The van der Waals surface area contributed by atoms with Crippen molar-refractivity contribution in [2.24, 2.45) is 0 Å². The van der Waals surface area contributed by atoms with Crippen LogP contribution < -0.4 is 4.74 Å². The summed E-state index contributed by atoms with van der Waals surface area (Å²) < 4.78 is 5.11. The van der Waals surface area contributed by atoms with Gasteiger partial charge in [0.25, 0.3) is 0 Å². The number of amides is 1. The normalized spacial score (nSPS) is 10.1. The average molecular weight is 261 g/mol. The van der Waals surface area contributed by atoms with E-state index in [2.05, 4.69) is 6.58 Å². The van der Waals surface area contributed by atoms with Crippen molar-refractivity contribution in [1.82, 2.24) is 4.90 Å². The van der Waals surface area contributed by atoms with E-state index in [1.54, 1.807) is 7.11 Å². The summed E-state index contributed by atoms with van der Waals surface area (Å²) in [6, 6.07) is 7.85. The molecule has 0 spiro atoms. The fourth-order valence-corrected chi connectivity index (χ4v) is 1.90. The molecule has 0 N–H and O–H groups in total. The molecule has 0 aliphatic rings. The largest absolute Gasteiger partial charge is 0.497 e. The maximum atomic E-state index is 12.1. The summed E-state index contributed by atoms with van der Waals surface area (Å²) in [4.78, 5) is 13.9. The molecule has 3 nitrogen and oxygen atoms in total. The van der Waals surface area contributed by atoms with Crippen LogP contribution in [-0.4, -0.2) is 31.0 Å². The Bertz CT molecular complexity index is 423. The average Bonchev–Trinajstić information content (AvgIpc) is 2.42. The van der Waals surface area contributed by atoms with Crippen LogP contribution in [0.4, 0.5) is 0 Å². The molecule has 0 heterocycles. The second-order valence-electron chi connectivity index (χ2n) is 4.71. The second kappa shape index (κ2) is 7.62. The van der Waals surface area contributed by atoms with Gasteiger partial charge in [0.1, 0.15) is 5.75 Å². The molecular weight excluding hydrogens is 238 g/mol. The molecule has 19 heavy (non-hydrogen) atoms. The first kappa shape index (κ1) is 15.3. The highest BCUT2D eigenvalue weighted by atomic mass is 16.5. The zero-order valence-corrected chi connectivity index (χ0v) is 12.1. The fourth-order valence-electron chi connectivity index (χ4n) is 1.90. The van der Waals surface area contributed by atoms with E-state index in [0.717, 1.165) is 29.9 Å². The predicted octanol–water partition coefficient (Wildman–Crippen LogP) is 3.05. The van der Waals surface area contributed by atoms with E-state index in [-0.39, 0.29) is 5.91 Å². The van der Waals surface area contributed by atoms with Crippen LogP contribution >= 0.6 is 0 Å². The molecule has 0 aliphatic carbocycles. The number of aryl methyl sites for hydroxylation is 1. The minimum atomic E-state index is 0.182. The molecular formula is C16H23NO2. The summed E-state index contributed by atoms with van der Waals surface area (Å²) in [6.07, 6.45) is 1.29. The maximum absolute atomic E-state index is 12.1. The lowest BCUT2D eigenvalue weighted by Crippen LogP contribution is -2.32. The van der Waals surface area contributed by atoms with Crippen LogP contribution in [0.3, 0.4) is 0 Å². The van der Waals surface area contributed by atoms with Crippen molar-refractivity contribution in [3.8, 4) is 5.75 Å². The Morgan fingerprint density at radius 2 is 1.95 bits per heavy atom. The van der Waals surface area contributed by atoms with Gasteiger partial charge in [-0.15, -0.1) is 0 Å². The van der Waals surface area contributed by atoms with Gasteiger partial charge < -0.3 is 9.64 Å². The Morgan fingerprint density at radius 3 is 2.42 bits per heavy atom. The molecule has 3 heteroatoms. The van der Waals surface area contributed by atoms with E-state index in [4.69, 9.17) is 4.74 Å². The standard InChI is InChI=1S/C16H23NO2/c1-5-17(12-13(2)3)16(18)11-8-14-6-9-15(19-4)10-7-14/h6-7,9-10H,2,5,8,11-12H2,1,3-4H3. The third-order valence-electron chi connectivity index (χ3n) is 2.98. The Morgan fingerprint density at radius 1 is 1.32 bits per heavy atom. The highest BCUT2D eigenvalue weighted by Crippen LogP contribution is 2.13. The molecule has 0 saturated carbocycles. The maximum Gasteiger partial charge on any atom is 0.223 e. The number of nitrogens with zero attached hydrogens (tertiary/aromatic N) is 1. The van der Waals surface area contributed by atoms with Gasteiger partial charge in [-0.25, -0.2) is 0 Å². The van der Waals surface area contributed by atoms with E-state index >= 15 is 0 Å². The molecule has 104 valence electrons. The topological polar surface area (TPSA) is 29.5 Å². The first-order valence-electron chi connectivity index (χ1n) is 6.62. The number of rotatable bonds is 7. The van der Waals surface area contributed by atoms with Crippen LogP contribution in [0.15, 0.2) is 36.4 Å². The Balaban J connectivity index is 2.49. The Labute approximate surface area is 115 Å². The number of likely N-dealkylation sites (N-methyl/N-ethyl adjacent to an activating group) is 1. The monoisotopic (exact) mass is 261 g/mol. The van der Waals surface area contributed by atoms with Crippen molar-refractivity contribution in [3.63, 3.8) is 0 Å². The van der Waals surface area contributed by atoms with Gasteiger partial charge in [0.05, 0.1) is 7.11 Å². The van der Waals surface area contributed by atoms with Crippen LogP contribution in [0.25, 0.3) is 0 Å². The van der Waals surface area contributed by atoms with Crippen LogP contribution in [0.2, 0.25) is 0 Å². The second-order valence-corrected chi connectivity index (χ2v) is 4.71. The van der Waals surface area contributed by atoms with Crippen LogP contribution in [-0.2, 0) is 11.2 Å². The lowest BCUT2D eigenvalue weighted by Gasteiger charge is -2.21. The fraction of sp³-hybridized carbons (Fsp3) is 0.438. The molecule has 0 bridgehead atoms. The van der Waals surface area contributed by atoms with Crippen LogP contribution in [0.1, 0.15) is 25.8 Å². The lowest BCUT2D eigenvalue weighted by atomic mass is 10.1.